The summed E-state index contributed by atoms with van der Waals surface area (Å²) in [5, 5.41) is 7.25. The highest BCUT2D eigenvalue weighted by atomic mass is 19.3. The summed E-state index contributed by atoms with van der Waals surface area (Å²) in [7, 11) is 1.59. The fourth-order valence-electron chi connectivity index (χ4n) is 4.52. The van der Waals surface area contributed by atoms with Gasteiger partial charge in [-0.05, 0) is 62.6 Å². The van der Waals surface area contributed by atoms with Crippen molar-refractivity contribution in [3.8, 4) is 11.5 Å². The Morgan fingerprint density at radius 3 is 2.49 bits per heavy atom. The van der Waals surface area contributed by atoms with Gasteiger partial charge in [0.25, 0.3) is 11.4 Å². The van der Waals surface area contributed by atoms with Gasteiger partial charge in [-0.2, -0.15) is 8.78 Å². The number of carbonyl (C=O) groups is 1. The number of nitrogens with zero attached hydrogens (tertiary/aromatic N) is 6. The van der Waals surface area contributed by atoms with E-state index < -0.39 is 29.2 Å². The summed E-state index contributed by atoms with van der Waals surface area (Å²) in [5.74, 6) is -0.902. The zero-order valence-electron chi connectivity index (χ0n) is 22.9. The molecule has 5 rings (SSSR count). The first-order valence-electron chi connectivity index (χ1n) is 12.9. The molecule has 1 aliphatic rings. The van der Waals surface area contributed by atoms with Gasteiger partial charge < -0.3 is 14.1 Å². The van der Waals surface area contributed by atoms with Crippen LogP contribution in [0.4, 0.5) is 13.6 Å². The third kappa shape index (κ3) is 5.79. The summed E-state index contributed by atoms with van der Waals surface area (Å²) in [6.07, 6.45) is 0.650. The van der Waals surface area contributed by atoms with E-state index in [4.69, 9.17) is 9.15 Å². The van der Waals surface area contributed by atoms with Crippen molar-refractivity contribution in [1.82, 2.24) is 29.2 Å². The number of aromatic nitrogens is 5. The molecular formula is C28H28F2N6O5. The van der Waals surface area contributed by atoms with E-state index in [1.807, 2.05) is 39.0 Å². The standard InChI is InChI=1S/C28H28F2N6O5/c1-28(2,3)41-27(39)35-11-9-16(10-12-35)17-6-8-20-21(13-17)34(4)26(38)36(25(20)37)15-19-7-5-18(14-31-19)23-32-33-24(40-23)22(29)30/h5-9,13-14,22H,10-12,15H2,1-4H3. The molecule has 0 saturated heterocycles. The van der Waals surface area contributed by atoms with Crippen molar-refractivity contribution in [2.45, 2.75) is 45.8 Å². The minimum Gasteiger partial charge on any atom is -0.444 e. The number of hydrogen-bond donors (Lipinski definition) is 0. The molecular weight excluding hydrogens is 538 g/mol. The molecule has 11 nitrogen and oxygen atoms in total. The summed E-state index contributed by atoms with van der Waals surface area (Å²) >= 11 is 0. The van der Waals surface area contributed by atoms with Gasteiger partial charge in [-0.25, -0.2) is 9.59 Å². The van der Waals surface area contributed by atoms with Gasteiger partial charge in [0.15, 0.2) is 0 Å². The van der Waals surface area contributed by atoms with Crippen molar-refractivity contribution in [3.63, 3.8) is 0 Å². The zero-order valence-corrected chi connectivity index (χ0v) is 22.9. The highest BCUT2D eigenvalue weighted by Crippen LogP contribution is 2.26. The lowest BCUT2D eigenvalue weighted by Gasteiger charge is -2.29. The zero-order chi connectivity index (χ0) is 29.5. The Bertz CT molecular complexity index is 1770. The van der Waals surface area contributed by atoms with Crippen LogP contribution in [0.25, 0.3) is 27.9 Å². The number of pyridine rings is 1. The number of fused-ring (bicyclic) bond motifs is 1. The molecule has 0 N–H and O–H groups in total. The van der Waals surface area contributed by atoms with Gasteiger partial charge in [0.2, 0.25) is 5.89 Å². The predicted molar refractivity (Wildman–Crippen MR) is 145 cm³/mol. The molecule has 0 radical (unpaired) electrons. The fourth-order valence-corrected chi connectivity index (χ4v) is 4.52. The highest BCUT2D eigenvalue weighted by molar-refractivity contribution is 5.83. The number of benzene rings is 1. The second kappa shape index (κ2) is 10.7. The highest BCUT2D eigenvalue weighted by Gasteiger charge is 2.24. The molecule has 0 aliphatic carbocycles. The second-order valence-electron chi connectivity index (χ2n) is 10.7. The Morgan fingerprint density at radius 2 is 1.88 bits per heavy atom. The lowest BCUT2D eigenvalue weighted by molar-refractivity contribution is 0.0270. The Hall–Kier alpha value is -4.68. The minimum atomic E-state index is -2.88. The lowest BCUT2D eigenvalue weighted by atomic mass is 9.98. The monoisotopic (exact) mass is 566 g/mol. The smallest absolute Gasteiger partial charge is 0.410 e. The van der Waals surface area contributed by atoms with E-state index in [2.05, 4.69) is 15.2 Å². The average molecular weight is 567 g/mol. The molecule has 3 aromatic heterocycles. The van der Waals surface area contributed by atoms with Crippen LogP contribution in [0.5, 0.6) is 0 Å². The van der Waals surface area contributed by atoms with Crippen LogP contribution < -0.4 is 11.2 Å². The van der Waals surface area contributed by atoms with E-state index in [1.165, 1.54) is 16.8 Å². The van der Waals surface area contributed by atoms with Crippen LogP contribution in [0.3, 0.4) is 0 Å². The molecule has 0 bridgehead atoms. The van der Waals surface area contributed by atoms with Crippen LogP contribution >= 0.6 is 0 Å². The number of halogens is 2. The Morgan fingerprint density at radius 1 is 1.12 bits per heavy atom. The fraction of sp³-hybridized carbons (Fsp3) is 0.357. The van der Waals surface area contributed by atoms with Gasteiger partial charge in [0.05, 0.1) is 28.7 Å². The summed E-state index contributed by atoms with van der Waals surface area (Å²) < 4.78 is 38.3. The van der Waals surface area contributed by atoms with Crippen molar-refractivity contribution in [2.24, 2.45) is 7.05 Å². The second-order valence-corrected chi connectivity index (χ2v) is 10.7. The number of hydrogen-bond acceptors (Lipinski definition) is 8. The van der Waals surface area contributed by atoms with E-state index in [9.17, 15) is 23.2 Å². The van der Waals surface area contributed by atoms with E-state index in [1.54, 1.807) is 24.1 Å². The van der Waals surface area contributed by atoms with E-state index in [0.717, 1.165) is 15.7 Å². The number of rotatable bonds is 5. The summed E-state index contributed by atoms with van der Waals surface area (Å²) in [5.41, 5.74) is 1.53. The first-order chi connectivity index (χ1) is 19.4. The number of aryl methyl sites for hydroxylation is 1. The molecule has 4 heterocycles. The molecule has 13 heteroatoms. The first-order valence-corrected chi connectivity index (χ1v) is 12.9. The predicted octanol–water partition coefficient (Wildman–Crippen LogP) is 4.16. The normalized spacial score (nSPS) is 14.0. The SMILES string of the molecule is Cn1c(=O)n(Cc2ccc(-c3nnc(C(F)F)o3)cn2)c(=O)c2ccc(C3=CCN(C(=O)OC(C)(C)C)CC3)cc21. The van der Waals surface area contributed by atoms with Gasteiger partial charge in [0.1, 0.15) is 5.60 Å². The third-order valence-corrected chi connectivity index (χ3v) is 6.60. The van der Waals surface area contributed by atoms with Crippen LogP contribution in [-0.4, -0.2) is 54.0 Å². The van der Waals surface area contributed by atoms with Gasteiger partial charge in [-0.3, -0.25) is 18.9 Å². The van der Waals surface area contributed by atoms with Crippen molar-refractivity contribution < 1.29 is 22.7 Å². The van der Waals surface area contributed by atoms with E-state index in [0.29, 0.717) is 41.7 Å². The summed E-state index contributed by atoms with van der Waals surface area (Å²) in [6.45, 7) is 6.26. The Kier molecular flexibility index (Phi) is 7.28. The minimum absolute atomic E-state index is 0.0960. The lowest BCUT2D eigenvalue weighted by Crippen LogP contribution is -2.39. The molecule has 1 amide bonds. The molecule has 41 heavy (non-hydrogen) atoms. The molecule has 0 unspecified atom stereocenters. The Balaban J connectivity index is 1.38. The van der Waals surface area contributed by atoms with Gasteiger partial charge >= 0.3 is 18.2 Å². The molecule has 0 fully saturated rings. The maximum absolute atomic E-state index is 13.3. The molecule has 0 atom stereocenters. The topological polar surface area (TPSA) is 125 Å². The molecule has 1 aromatic carbocycles. The van der Waals surface area contributed by atoms with Crippen LogP contribution in [0.2, 0.25) is 0 Å². The summed E-state index contributed by atoms with van der Waals surface area (Å²) in [6, 6.07) is 8.42. The van der Waals surface area contributed by atoms with Crippen LogP contribution in [-0.2, 0) is 18.3 Å². The van der Waals surface area contributed by atoms with Crippen molar-refractivity contribution in [1.29, 1.82) is 0 Å². The maximum atomic E-state index is 13.3. The largest absolute Gasteiger partial charge is 0.444 e. The van der Waals surface area contributed by atoms with Crippen molar-refractivity contribution >= 4 is 22.6 Å². The van der Waals surface area contributed by atoms with Crippen LogP contribution in [0.15, 0.2) is 56.6 Å². The van der Waals surface area contributed by atoms with Crippen LogP contribution in [0.1, 0.15) is 50.8 Å². The number of alkyl halides is 2. The number of carbonyl (C=O) groups excluding carboxylic acids is 1. The van der Waals surface area contributed by atoms with Crippen molar-refractivity contribution in [3.05, 3.63) is 80.6 Å². The maximum Gasteiger partial charge on any atom is 0.410 e. The van der Waals surface area contributed by atoms with Gasteiger partial charge in [-0.1, -0.05) is 12.1 Å². The Labute approximate surface area is 232 Å². The molecule has 214 valence electrons. The van der Waals surface area contributed by atoms with Crippen molar-refractivity contribution in [2.75, 3.05) is 13.1 Å². The molecule has 1 aliphatic heterocycles. The third-order valence-electron chi connectivity index (χ3n) is 6.60. The first kappa shape index (κ1) is 27.9. The molecule has 0 saturated carbocycles. The number of ether oxygens (including phenoxy) is 1. The van der Waals surface area contributed by atoms with Gasteiger partial charge in [-0.15, -0.1) is 10.2 Å². The van der Waals surface area contributed by atoms with E-state index in [-0.39, 0.29) is 18.5 Å². The molecule has 0 spiro atoms. The van der Waals surface area contributed by atoms with Gasteiger partial charge in [0, 0.05) is 26.3 Å². The molecule has 4 aromatic rings. The quantitative estimate of drug-likeness (QED) is 0.353. The number of amides is 1. The summed E-state index contributed by atoms with van der Waals surface area (Å²) in [4.78, 5) is 44.8. The van der Waals surface area contributed by atoms with E-state index >= 15 is 0 Å². The average Bonchev–Trinajstić information content (AvgIpc) is 3.44. The van der Waals surface area contributed by atoms with Crippen LogP contribution in [0, 0.1) is 0 Å².